The van der Waals surface area contributed by atoms with Crippen LogP contribution >= 0.6 is 15.9 Å². The van der Waals surface area contributed by atoms with E-state index in [2.05, 4.69) is 20.9 Å². The highest BCUT2D eigenvalue weighted by Crippen LogP contribution is 2.21. The zero-order valence-electron chi connectivity index (χ0n) is 5.64. The minimum Gasteiger partial charge on any atom is -0.431 e. The molecule has 5 heteroatoms. The highest BCUT2D eigenvalue weighted by Gasteiger charge is 2.08. The summed E-state index contributed by atoms with van der Waals surface area (Å²) in [4.78, 5) is 3.97. The number of nitrogens with zero attached hydrogens (tertiary/aromatic N) is 1. The minimum absolute atomic E-state index is 0.211. The largest absolute Gasteiger partial charge is 0.431 e. The Morgan fingerprint density at radius 3 is 2.67 bits per heavy atom. The fourth-order valence-corrected chi connectivity index (χ4v) is 1.26. The van der Waals surface area contributed by atoms with Gasteiger partial charge in [-0.25, -0.2) is 13.8 Å². The van der Waals surface area contributed by atoms with Crippen LogP contribution in [-0.4, -0.2) is 4.98 Å². The number of hydrogen-bond acceptors (Lipinski definition) is 2. The number of hydrogen-bond donors (Lipinski definition) is 0. The van der Waals surface area contributed by atoms with Crippen LogP contribution in [0.2, 0.25) is 0 Å². The van der Waals surface area contributed by atoms with Crippen LogP contribution in [0, 0.1) is 11.6 Å². The molecule has 0 radical (unpaired) electrons. The Bertz CT molecular complexity index is 401. The average Bonchev–Trinajstić information content (AvgIpc) is 2.30. The Morgan fingerprint density at radius 1 is 1.25 bits per heavy atom. The van der Waals surface area contributed by atoms with Gasteiger partial charge in [-0.3, -0.25) is 0 Å². The van der Waals surface area contributed by atoms with Gasteiger partial charge in [-0.05, 0) is 0 Å². The van der Waals surface area contributed by atoms with Crippen LogP contribution < -0.4 is 0 Å². The summed E-state index contributed by atoms with van der Waals surface area (Å²) >= 11 is 2.95. The van der Waals surface area contributed by atoms with Crippen LogP contribution in [0.5, 0.6) is 0 Å². The van der Waals surface area contributed by atoms with E-state index in [1.54, 1.807) is 0 Å². The molecule has 0 fully saturated rings. The van der Waals surface area contributed by atoms with Crippen LogP contribution in [0.4, 0.5) is 8.78 Å². The molecule has 0 unspecified atom stereocenters. The first-order chi connectivity index (χ1) is 5.66. The number of rotatable bonds is 0. The normalized spacial score (nSPS) is 10.9. The summed E-state index contributed by atoms with van der Waals surface area (Å²) in [5.74, 6) is -1.87. The van der Waals surface area contributed by atoms with E-state index in [1.807, 2.05) is 0 Å². The van der Waals surface area contributed by atoms with E-state index in [1.165, 1.54) is 0 Å². The fourth-order valence-electron chi connectivity index (χ4n) is 0.895. The SMILES string of the molecule is Fc1cc2nc(Br)oc2cc1F. The molecule has 2 rings (SSSR count). The smallest absolute Gasteiger partial charge is 0.265 e. The zero-order chi connectivity index (χ0) is 8.72. The number of fused-ring (bicyclic) bond motifs is 1. The van der Waals surface area contributed by atoms with Crippen molar-refractivity contribution in [3.8, 4) is 0 Å². The molecule has 1 aromatic carbocycles. The van der Waals surface area contributed by atoms with E-state index in [4.69, 9.17) is 4.42 Å². The molecular weight excluding hydrogens is 232 g/mol. The molecule has 1 heterocycles. The van der Waals surface area contributed by atoms with Crippen molar-refractivity contribution in [2.45, 2.75) is 0 Å². The van der Waals surface area contributed by atoms with Gasteiger partial charge in [0.15, 0.2) is 17.2 Å². The summed E-state index contributed by atoms with van der Waals surface area (Å²) in [5, 5.41) is 0. The predicted molar refractivity (Wildman–Crippen MR) is 41.6 cm³/mol. The Morgan fingerprint density at radius 2 is 1.92 bits per heavy atom. The van der Waals surface area contributed by atoms with Crippen molar-refractivity contribution in [1.29, 1.82) is 0 Å². The van der Waals surface area contributed by atoms with E-state index >= 15 is 0 Å². The molecule has 2 nitrogen and oxygen atoms in total. The molecule has 0 aliphatic rings. The lowest BCUT2D eigenvalue weighted by molar-refractivity contribution is 0.506. The molecule has 0 aliphatic carbocycles. The van der Waals surface area contributed by atoms with E-state index < -0.39 is 11.6 Å². The first-order valence-corrected chi connectivity index (χ1v) is 3.87. The molecule has 62 valence electrons. The van der Waals surface area contributed by atoms with Crippen molar-refractivity contribution in [3.63, 3.8) is 0 Å². The van der Waals surface area contributed by atoms with Gasteiger partial charge in [0.2, 0.25) is 0 Å². The number of halogens is 3. The molecule has 0 N–H and O–H groups in total. The maximum Gasteiger partial charge on any atom is 0.265 e. The van der Waals surface area contributed by atoms with E-state index in [0.717, 1.165) is 12.1 Å². The van der Waals surface area contributed by atoms with Crippen LogP contribution in [0.15, 0.2) is 21.3 Å². The van der Waals surface area contributed by atoms with Gasteiger partial charge in [-0.15, -0.1) is 0 Å². The molecule has 0 bridgehead atoms. The summed E-state index contributed by atoms with van der Waals surface area (Å²) in [6, 6.07) is 1.95. The van der Waals surface area contributed by atoms with E-state index in [0.29, 0.717) is 5.52 Å². The number of benzene rings is 1. The van der Waals surface area contributed by atoms with Gasteiger partial charge < -0.3 is 4.42 Å². The third-order valence-electron chi connectivity index (χ3n) is 1.40. The molecular formula is C7H2BrF2NO. The summed E-state index contributed by atoms with van der Waals surface area (Å²) in [6.45, 7) is 0. The lowest BCUT2D eigenvalue weighted by atomic mass is 10.3. The minimum atomic E-state index is -0.939. The van der Waals surface area contributed by atoms with Crippen LogP contribution in [0.25, 0.3) is 11.1 Å². The summed E-state index contributed by atoms with van der Waals surface area (Å²) in [5.41, 5.74) is 0.515. The highest BCUT2D eigenvalue weighted by atomic mass is 79.9. The van der Waals surface area contributed by atoms with Gasteiger partial charge in [-0.1, -0.05) is 0 Å². The third-order valence-corrected chi connectivity index (χ3v) is 1.74. The molecule has 0 saturated carbocycles. The molecule has 12 heavy (non-hydrogen) atoms. The lowest BCUT2D eigenvalue weighted by Gasteiger charge is -1.89. The topological polar surface area (TPSA) is 26.0 Å². The van der Waals surface area contributed by atoms with Crippen molar-refractivity contribution < 1.29 is 13.2 Å². The van der Waals surface area contributed by atoms with Gasteiger partial charge in [0, 0.05) is 28.1 Å². The molecule has 0 atom stereocenters. The predicted octanol–water partition coefficient (Wildman–Crippen LogP) is 2.87. The van der Waals surface area contributed by atoms with Crippen molar-refractivity contribution in [3.05, 3.63) is 28.6 Å². The summed E-state index contributed by atoms with van der Waals surface area (Å²) < 4.78 is 30.1. The van der Waals surface area contributed by atoms with Gasteiger partial charge >= 0.3 is 0 Å². The molecule has 0 amide bonds. The van der Waals surface area contributed by atoms with Gasteiger partial charge in [0.1, 0.15) is 5.52 Å². The van der Waals surface area contributed by atoms with Crippen molar-refractivity contribution in [2.24, 2.45) is 0 Å². The highest BCUT2D eigenvalue weighted by molar-refractivity contribution is 9.10. The molecule has 0 aliphatic heterocycles. The van der Waals surface area contributed by atoms with Gasteiger partial charge in [0.05, 0.1) is 0 Å². The summed E-state index contributed by atoms with van der Waals surface area (Å²) in [7, 11) is 0. The fraction of sp³-hybridized carbons (Fsp3) is 0. The first-order valence-electron chi connectivity index (χ1n) is 3.08. The quantitative estimate of drug-likeness (QED) is 0.700. The zero-order valence-corrected chi connectivity index (χ0v) is 7.23. The number of oxazole rings is 1. The van der Waals surface area contributed by atoms with Crippen molar-refractivity contribution in [2.75, 3.05) is 0 Å². The lowest BCUT2D eigenvalue weighted by Crippen LogP contribution is -1.81. The molecule has 0 spiro atoms. The maximum atomic E-state index is 12.6. The average molecular weight is 234 g/mol. The van der Waals surface area contributed by atoms with Crippen LogP contribution in [0.1, 0.15) is 0 Å². The first kappa shape index (κ1) is 7.67. The van der Waals surface area contributed by atoms with Crippen LogP contribution in [0.3, 0.4) is 0 Å². The molecule has 2 aromatic rings. The second-order valence-corrected chi connectivity index (χ2v) is 2.88. The Kier molecular flexibility index (Phi) is 1.61. The van der Waals surface area contributed by atoms with Crippen molar-refractivity contribution >= 4 is 27.0 Å². The number of aromatic nitrogens is 1. The van der Waals surface area contributed by atoms with Gasteiger partial charge in [-0.2, -0.15) is 0 Å². The second-order valence-electron chi connectivity index (χ2n) is 2.20. The van der Waals surface area contributed by atoms with Crippen molar-refractivity contribution in [1.82, 2.24) is 4.98 Å². The third kappa shape index (κ3) is 1.10. The monoisotopic (exact) mass is 233 g/mol. The van der Waals surface area contributed by atoms with Crippen LogP contribution in [-0.2, 0) is 0 Å². The Hall–Kier alpha value is -0.970. The molecule has 1 aromatic heterocycles. The Balaban J connectivity index is 2.83. The van der Waals surface area contributed by atoms with E-state index in [9.17, 15) is 8.78 Å². The van der Waals surface area contributed by atoms with Gasteiger partial charge in [0.25, 0.3) is 4.80 Å². The van der Waals surface area contributed by atoms with E-state index in [-0.39, 0.29) is 10.4 Å². The summed E-state index contributed by atoms with van der Waals surface area (Å²) in [6.07, 6.45) is 0. The maximum absolute atomic E-state index is 12.6. The second kappa shape index (κ2) is 2.52. The Labute approximate surface area is 74.3 Å². The molecule has 0 saturated heterocycles. The standard InChI is InChI=1S/C7H2BrF2NO/c8-7-11-5-1-3(9)4(10)2-6(5)12-7/h1-2H.